The van der Waals surface area contributed by atoms with E-state index in [0.29, 0.717) is 0 Å². The Labute approximate surface area is 350 Å². The first-order valence-corrected chi connectivity index (χ1v) is 17.4. The van der Waals surface area contributed by atoms with E-state index >= 15 is 0 Å². The first kappa shape index (κ1) is 47.7. The number of quaternary nitrogens is 3. The molecule has 0 fully saturated rings. The van der Waals surface area contributed by atoms with Gasteiger partial charge in [0, 0.05) is 52.6 Å². The second kappa shape index (κ2) is 26.4. The summed E-state index contributed by atoms with van der Waals surface area (Å²) in [6.45, 7) is 2.64. The maximum absolute atomic E-state index is 12.1. The Morgan fingerprint density at radius 1 is 0.296 bits per heavy atom. The molecular weight excluding hydrogens is 870 g/mol. The molecule has 9 heteroatoms. The molecule has 6 nitrogen and oxygen atoms in total. The first-order valence-electron chi connectivity index (χ1n) is 17.4. The molecule has 0 saturated heterocycles. The molecule has 0 radical (unpaired) electrons. The molecule has 6 rings (SSSR count). The Bertz CT molecular complexity index is 1710. The van der Waals surface area contributed by atoms with E-state index in [1.165, 1.54) is 16.7 Å². The van der Waals surface area contributed by atoms with Crippen LogP contribution in [0.5, 0.6) is 0 Å². The summed E-state index contributed by atoms with van der Waals surface area (Å²) in [5.41, 5.74) is 19.6. The van der Waals surface area contributed by atoms with E-state index in [4.69, 9.17) is 0 Å². The minimum Gasteiger partial charge on any atom is -1.00 e. The topological polar surface area (TPSA) is 134 Å². The summed E-state index contributed by atoms with van der Waals surface area (Å²) >= 11 is 0. The van der Waals surface area contributed by atoms with Crippen LogP contribution in [-0.2, 0) is 19.3 Å². The highest BCUT2D eigenvalue weighted by Gasteiger charge is 2.10. The molecule has 6 aromatic rings. The van der Waals surface area contributed by atoms with Crippen LogP contribution < -0.4 is 68.1 Å². The van der Waals surface area contributed by atoms with E-state index in [-0.39, 0.29) is 68.3 Å². The summed E-state index contributed by atoms with van der Waals surface area (Å²) in [6.07, 6.45) is 2.87. The lowest BCUT2D eigenvalue weighted by Crippen LogP contribution is -3.00. The van der Waals surface area contributed by atoms with Gasteiger partial charge in [0.1, 0.15) is 0 Å². The van der Waals surface area contributed by atoms with Crippen molar-refractivity contribution in [3.05, 3.63) is 214 Å². The Morgan fingerprint density at radius 2 is 0.481 bits per heavy atom. The van der Waals surface area contributed by atoms with Gasteiger partial charge in [0.25, 0.3) is 0 Å². The van der Waals surface area contributed by atoms with Gasteiger partial charge in [-0.1, -0.05) is 164 Å². The SMILES string of the molecule is [Br-].[Br-].[Br-].[NH3+]CCc1ccc(C(=O)c2ccccc2)cc1.[NH3+]CCc1ccc(C(=O)c2ccccc2)cc1.[NH3+]CCc1ccc(C(=O)c2ccccc2)cc1. The fourth-order valence-electron chi connectivity index (χ4n) is 5.35. The Balaban J connectivity index is 0.000000394. The van der Waals surface area contributed by atoms with E-state index in [0.717, 1.165) is 72.3 Å². The second-order valence-electron chi connectivity index (χ2n) is 12.0. The molecular formula is C45H48Br3N3O3. The van der Waals surface area contributed by atoms with Crippen LogP contribution in [0.4, 0.5) is 0 Å². The zero-order chi connectivity index (χ0) is 36.3. The van der Waals surface area contributed by atoms with Crippen molar-refractivity contribution in [2.45, 2.75) is 19.3 Å². The van der Waals surface area contributed by atoms with Crippen molar-refractivity contribution in [3.63, 3.8) is 0 Å². The van der Waals surface area contributed by atoms with Gasteiger partial charge in [-0.05, 0) is 16.7 Å². The Hall–Kier alpha value is -4.35. The van der Waals surface area contributed by atoms with Crippen molar-refractivity contribution in [1.29, 1.82) is 0 Å². The lowest BCUT2D eigenvalue weighted by molar-refractivity contribution is -0.367. The highest BCUT2D eigenvalue weighted by molar-refractivity contribution is 6.10. The van der Waals surface area contributed by atoms with Gasteiger partial charge in [0.05, 0.1) is 19.6 Å². The van der Waals surface area contributed by atoms with Gasteiger partial charge in [0.2, 0.25) is 0 Å². The minimum atomic E-state index is 0. The van der Waals surface area contributed by atoms with Gasteiger partial charge in [-0.3, -0.25) is 14.4 Å². The third-order valence-electron chi connectivity index (χ3n) is 8.15. The number of hydrogen-bond acceptors (Lipinski definition) is 3. The monoisotopic (exact) mass is 915 g/mol. The van der Waals surface area contributed by atoms with E-state index in [2.05, 4.69) is 17.2 Å². The first-order chi connectivity index (χ1) is 24.9. The highest BCUT2D eigenvalue weighted by atomic mass is 79.9. The number of carbonyl (C=O) groups excluding carboxylic acids is 3. The number of benzene rings is 6. The van der Waals surface area contributed by atoms with Crippen LogP contribution in [0.15, 0.2) is 164 Å². The number of hydrogen-bond donors (Lipinski definition) is 3. The molecule has 0 spiro atoms. The molecule has 0 bridgehead atoms. The van der Waals surface area contributed by atoms with Gasteiger partial charge in [-0.25, -0.2) is 0 Å². The zero-order valence-corrected chi connectivity index (χ0v) is 35.1. The highest BCUT2D eigenvalue weighted by Crippen LogP contribution is 2.13. The van der Waals surface area contributed by atoms with Crippen molar-refractivity contribution in [2.75, 3.05) is 19.6 Å². The standard InChI is InChI=1S/3C15H15NO.3BrH/c3*16-11-10-12-6-8-14(9-7-12)15(17)13-4-2-1-3-5-13;;;/h3*1-9H,10-11,16H2;3*1H. The summed E-state index contributed by atoms with van der Waals surface area (Å²) < 4.78 is 0. The molecule has 0 aliphatic rings. The van der Waals surface area contributed by atoms with Gasteiger partial charge in [-0.2, -0.15) is 0 Å². The molecule has 0 aliphatic carbocycles. The average molecular weight is 919 g/mol. The average Bonchev–Trinajstić information content (AvgIpc) is 3.20. The molecule has 0 unspecified atom stereocenters. The third kappa shape index (κ3) is 15.2. The fraction of sp³-hybridized carbons (Fsp3) is 0.133. The molecule has 0 amide bonds. The molecule has 0 aromatic heterocycles. The van der Waals surface area contributed by atoms with Crippen LogP contribution in [0.3, 0.4) is 0 Å². The summed E-state index contributed by atoms with van der Waals surface area (Å²) in [6, 6.07) is 51.4. The molecule has 0 aliphatic heterocycles. The predicted octanol–water partition coefficient (Wildman–Crippen LogP) is -3.88. The molecule has 282 valence electrons. The molecule has 54 heavy (non-hydrogen) atoms. The third-order valence-corrected chi connectivity index (χ3v) is 8.15. The van der Waals surface area contributed by atoms with Crippen LogP contribution in [0, 0.1) is 0 Å². The molecule has 0 saturated carbocycles. The number of carbonyl (C=O) groups is 3. The lowest BCUT2D eigenvalue weighted by atomic mass is 10.0. The van der Waals surface area contributed by atoms with Crippen LogP contribution >= 0.6 is 0 Å². The van der Waals surface area contributed by atoms with E-state index in [1.54, 1.807) is 0 Å². The number of halogens is 3. The van der Waals surface area contributed by atoms with E-state index in [1.807, 2.05) is 164 Å². The smallest absolute Gasteiger partial charge is 0.193 e. The van der Waals surface area contributed by atoms with Crippen molar-refractivity contribution in [2.24, 2.45) is 0 Å². The van der Waals surface area contributed by atoms with Crippen LogP contribution in [-0.4, -0.2) is 37.0 Å². The Kier molecular flexibility index (Phi) is 23.3. The zero-order valence-electron chi connectivity index (χ0n) is 30.3. The molecule has 6 aromatic carbocycles. The van der Waals surface area contributed by atoms with Crippen molar-refractivity contribution >= 4 is 17.3 Å². The van der Waals surface area contributed by atoms with Gasteiger partial charge in [-0.15, -0.1) is 0 Å². The Morgan fingerprint density at radius 3 is 0.667 bits per heavy atom. The van der Waals surface area contributed by atoms with Crippen LogP contribution in [0.25, 0.3) is 0 Å². The minimum absolute atomic E-state index is 0. The lowest BCUT2D eigenvalue weighted by Gasteiger charge is -2.02. The summed E-state index contributed by atoms with van der Waals surface area (Å²) in [5, 5.41) is 0. The summed E-state index contributed by atoms with van der Waals surface area (Å²) in [4.78, 5) is 36.3. The maximum atomic E-state index is 12.1. The molecule has 0 heterocycles. The van der Waals surface area contributed by atoms with Crippen molar-refractivity contribution in [3.8, 4) is 0 Å². The van der Waals surface area contributed by atoms with Crippen molar-refractivity contribution in [1.82, 2.24) is 0 Å². The number of rotatable bonds is 12. The van der Waals surface area contributed by atoms with E-state index in [9.17, 15) is 14.4 Å². The normalized spacial score (nSPS) is 9.61. The number of ketones is 3. The predicted molar refractivity (Wildman–Crippen MR) is 203 cm³/mol. The second-order valence-corrected chi connectivity index (χ2v) is 12.0. The molecule has 0 atom stereocenters. The van der Waals surface area contributed by atoms with Gasteiger partial charge in [0.15, 0.2) is 17.3 Å². The van der Waals surface area contributed by atoms with Crippen molar-refractivity contribution < 1.29 is 82.5 Å². The summed E-state index contributed by atoms with van der Waals surface area (Å²) in [7, 11) is 0. The maximum Gasteiger partial charge on any atom is 0.193 e. The van der Waals surface area contributed by atoms with Crippen LogP contribution in [0.1, 0.15) is 64.5 Å². The quantitative estimate of drug-likeness (QED) is 0.109. The fourth-order valence-corrected chi connectivity index (χ4v) is 5.35. The largest absolute Gasteiger partial charge is 1.00 e. The van der Waals surface area contributed by atoms with Gasteiger partial charge < -0.3 is 68.1 Å². The van der Waals surface area contributed by atoms with Gasteiger partial charge >= 0.3 is 0 Å². The summed E-state index contributed by atoms with van der Waals surface area (Å²) in [5.74, 6) is 0.227. The van der Waals surface area contributed by atoms with E-state index < -0.39 is 0 Å². The molecule has 9 N–H and O–H groups in total. The van der Waals surface area contributed by atoms with Crippen LogP contribution in [0.2, 0.25) is 0 Å².